The monoisotopic (exact) mass is 403 g/mol. The normalized spacial score (nSPS) is 12.0. The van der Waals surface area contributed by atoms with E-state index in [4.69, 9.17) is 9.47 Å². The van der Waals surface area contributed by atoms with Crippen molar-refractivity contribution in [3.05, 3.63) is 64.1 Å². The van der Waals surface area contributed by atoms with Crippen LogP contribution in [0, 0.1) is 0 Å². The predicted molar refractivity (Wildman–Crippen MR) is 101 cm³/mol. The second kappa shape index (κ2) is 9.03. The highest BCUT2D eigenvalue weighted by atomic mass is 79.9. The number of methoxy groups -OCH3 is 1. The number of hydrogen-bond donors (Lipinski definition) is 1. The number of nitrogens with zero attached hydrogens (tertiary/aromatic N) is 1. The summed E-state index contributed by atoms with van der Waals surface area (Å²) in [6, 6.07) is 13.9. The number of benzene rings is 2. The molecule has 0 atom stereocenters. The van der Waals surface area contributed by atoms with Crippen molar-refractivity contribution in [3.63, 3.8) is 0 Å². The van der Waals surface area contributed by atoms with Crippen molar-refractivity contribution in [3.8, 4) is 5.75 Å². The van der Waals surface area contributed by atoms with E-state index >= 15 is 0 Å². The number of rotatable bonds is 6. The average molecular weight is 404 g/mol. The van der Waals surface area contributed by atoms with Crippen molar-refractivity contribution in [1.29, 1.82) is 0 Å². The summed E-state index contributed by atoms with van der Waals surface area (Å²) in [6.07, 6.45) is 1.30. The van der Waals surface area contributed by atoms with Gasteiger partial charge in [0.15, 0.2) is 0 Å². The van der Waals surface area contributed by atoms with Gasteiger partial charge in [0.25, 0.3) is 0 Å². The molecule has 5 nitrogen and oxygen atoms in total. The lowest BCUT2D eigenvalue weighted by molar-refractivity contribution is -0.137. The van der Waals surface area contributed by atoms with Crippen molar-refractivity contribution in [1.82, 2.24) is 0 Å². The molecular weight excluding hydrogens is 386 g/mol. The summed E-state index contributed by atoms with van der Waals surface area (Å²) in [7, 11) is 1.58. The summed E-state index contributed by atoms with van der Waals surface area (Å²) in [5, 5.41) is 10.5. The fraction of sp³-hybridized carbons (Fsp3) is 0.158. The molecule has 0 unspecified atom stereocenters. The average Bonchev–Trinajstić information content (AvgIpc) is 2.63. The molecule has 0 aliphatic rings. The second-order valence-electron chi connectivity index (χ2n) is 4.95. The number of carbonyl (C=O) groups is 1. The number of esters is 1. The van der Waals surface area contributed by atoms with E-state index in [1.54, 1.807) is 62.6 Å². The Morgan fingerprint density at radius 3 is 2.36 bits per heavy atom. The highest BCUT2D eigenvalue weighted by molar-refractivity contribution is 9.10. The van der Waals surface area contributed by atoms with Gasteiger partial charge in [0.1, 0.15) is 17.1 Å². The largest absolute Gasteiger partial charge is 0.506 e. The van der Waals surface area contributed by atoms with Gasteiger partial charge in [-0.25, -0.2) is 4.79 Å². The van der Waals surface area contributed by atoms with Crippen molar-refractivity contribution in [2.24, 2.45) is 4.99 Å². The number of aliphatic imine (C=N–C) groups is 1. The maximum atomic E-state index is 12.2. The highest BCUT2D eigenvalue weighted by Crippen LogP contribution is 2.21. The van der Waals surface area contributed by atoms with Gasteiger partial charge in [-0.2, -0.15) is 0 Å². The molecule has 6 heteroatoms. The Morgan fingerprint density at radius 2 is 1.80 bits per heavy atom. The third-order valence-corrected chi connectivity index (χ3v) is 3.81. The first kappa shape index (κ1) is 18.7. The molecule has 0 aromatic heterocycles. The minimum Gasteiger partial charge on any atom is -0.506 e. The Morgan fingerprint density at radius 1 is 1.16 bits per heavy atom. The molecule has 0 saturated carbocycles. The summed E-state index contributed by atoms with van der Waals surface area (Å²) in [5.74, 6) is -0.124. The molecule has 2 aromatic rings. The Bertz CT molecular complexity index is 780. The lowest BCUT2D eigenvalue weighted by Gasteiger charge is -2.07. The van der Waals surface area contributed by atoms with Crippen molar-refractivity contribution < 1.29 is 19.4 Å². The van der Waals surface area contributed by atoms with Gasteiger partial charge in [-0.1, -0.05) is 28.1 Å². The lowest BCUT2D eigenvalue weighted by atomic mass is 10.1. The summed E-state index contributed by atoms with van der Waals surface area (Å²) in [4.78, 5) is 16.4. The van der Waals surface area contributed by atoms with E-state index in [-0.39, 0.29) is 17.9 Å². The maximum Gasteiger partial charge on any atom is 0.343 e. The van der Waals surface area contributed by atoms with Crippen LogP contribution in [-0.2, 0) is 9.53 Å². The van der Waals surface area contributed by atoms with Gasteiger partial charge in [-0.3, -0.25) is 4.99 Å². The van der Waals surface area contributed by atoms with Crippen molar-refractivity contribution in [2.75, 3.05) is 13.7 Å². The molecule has 1 N–H and O–H groups in total. The quantitative estimate of drug-likeness (QED) is 0.328. The van der Waals surface area contributed by atoms with E-state index in [9.17, 15) is 9.90 Å². The zero-order chi connectivity index (χ0) is 18.2. The molecule has 2 aromatic carbocycles. The van der Waals surface area contributed by atoms with Gasteiger partial charge in [0.05, 0.1) is 19.4 Å². The van der Waals surface area contributed by atoms with E-state index in [2.05, 4.69) is 20.9 Å². The van der Waals surface area contributed by atoms with Crippen molar-refractivity contribution in [2.45, 2.75) is 6.92 Å². The summed E-state index contributed by atoms with van der Waals surface area (Å²) in [6.45, 7) is 1.90. The van der Waals surface area contributed by atoms with Crippen LogP contribution in [-0.4, -0.2) is 31.0 Å². The third-order valence-electron chi connectivity index (χ3n) is 3.28. The Kier molecular flexibility index (Phi) is 6.77. The zero-order valence-electron chi connectivity index (χ0n) is 13.9. The number of aliphatic hydroxyl groups excluding tert-OH is 1. The molecule has 0 radical (unpaired) electrons. The Balaban J connectivity index is 2.37. The van der Waals surface area contributed by atoms with Crippen LogP contribution in [0.25, 0.3) is 5.76 Å². The van der Waals surface area contributed by atoms with Gasteiger partial charge in [-0.05, 0) is 43.3 Å². The summed E-state index contributed by atoms with van der Waals surface area (Å²) >= 11 is 3.33. The predicted octanol–water partition coefficient (Wildman–Crippen LogP) is 4.69. The number of halogens is 1. The van der Waals surface area contributed by atoms with Gasteiger partial charge < -0.3 is 14.6 Å². The van der Waals surface area contributed by atoms with Gasteiger partial charge in [0, 0.05) is 16.3 Å². The van der Waals surface area contributed by atoms with Crippen molar-refractivity contribution >= 4 is 39.6 Å². The van der Waals surface area contributed by atoms with E-state index < -0.39 is 5.97 Å². The van der Waals surface area contributed by atoms with Crippen LogP contribution < -0.4 is 4.74 Å². The first-order chi connectivity index (χ1) is 12.0. The molecule has 0 saturated heterocycles. The SMILES string of the molecule is CCOC(=O)C(C=Nc1ccc(OC)cc1)=C(O)c1ccc(Br)cc1. The summed E-state index contributed by atoms with van der Waals surface area (Å²) in [5.41, 5.74) is 1.10. The molecule has 0 heterocycles. The molecule has 25 heavy (non-hydrogen) atoms. The van der Waals surface area contributed by atoms with Crippen LogP contribution in [0.15, 0.2) is 63.6 Å². The number of hydrogen-bond acceptors (Lipinski definition) is 5. The van der Waals surface area contributed by atoms with E-state index in [0.29, 0.717) is 17.0 Å². The molecule has 0 bridgehead atoms. The molecule has 2 rings (SSSR count). The molecule has 0 fully saturated rings. The fourth-order valence-electron chi connectivity index (χ4n) is 1.99. The van der Waals surface area contributed by atoms with Crippen LogP contribution in [0.4, 0.5) is 5.69 Å². The topological polar surface area (TPSA) is 68.1 Å². The molecule has 0 aliphatic heterocycles. The van der Waals surface area contributed by atoms with Crippen LogP contribution >= 0.6 is 15.9 Å². The first-order valence-corrected chi connectivity index (χ1v) is 8.39. The van der Waals surface area contributed by atoms with E-state index in [0.717, 1.165) is 4.47 Å². The minimum absolute atomic E-state index is 0.0139. The zero-order valence-corrected chi connectivity index (χ0v) is 15.5. The number of carbonyl (C=O) groups excluding carboxylic acids is 1. The smallest absolute Gasteiger partial charge is 0.343 e. The minimum atomic E-state index is -0.639. The lowest BCUT2D eigenvalue weighted by Crippen LogP contribution is -2.11. The standard InChI is InChI=1S/C19H18BrNO4/c1-3-25-19(23)17(18(22)13-4-6-14(20)7-5-13)12-21-15-8-10-16(24-2)11-9-15/h4-12,22H,3H2,1-2H3. The van der Waals surface area contributed by atoms with E-state index in [1.807, 2.05) is 0 Å². The molecule has 0 amide bonds. The van der Waals surface area contributed by atoms with Crippen LogP contribution in [0.2, 0.25) is 0 Å². The Labute approximate surface area is 154 Å². The Hall–Kier alpha value is -2.60. The fourth-order valence-corrected chi connectivity index (χ4v) is 2.25. The molecular formula is C19H18BrNO4. The van der Waals surface area contributed by atoms with Gasteiger partial charge in [0.2, 0.25) is 0 Å². The third kappa shape index (κ3) is 5.19. The van der Waals surface area contributed by atoms with E-state index in [1.165, 1.54) is 6.21 Å². The van der Waals surface area contributed by atoms with Crippen LogP contribution in [0.5, 0.6) is 5.75 Å². The highest BCUT2D eigenvalue weighted by Gasteiger charge is 2.16. The first-order valence-electron chi connectivity index (χ1n) is 7.59. The molecule has 130 valence electrons. The second-order valence-corrected chi connectivity index (χ2v) is 5.86. The summed E-state index contributed by atoms with van der Waals surface area (Å²) < 4.78 is 11.0. The van der Waals surface area contributed by atoms with Crippen LogP contribution in [0.1, 0.15) is 12.5 Å². The molecule has 0 spiro atoms. The molecule has 0 aliphatic carbocycles. The number of aliphatic hydroxyl groups is 1. The van der Waals surface area contributed by atoms with Gasteiger partial charge >= 0.3 is 5.97 Å². The van der Waals surface area contributed by atoms with Gasteiger partial charge in [-0.15, -0.1) is 0 Å². The van der Waals surface area contributed by atoms with Crippen LogP contribution in [0.3, 0.4) is 0 Å². The maximum absolute atomic E-state index is 12.2. The number of ether oxygens (including phenoxy) is 2.